The van der Waals surface area contributed by atoms with Gasteiger partial charge in [0.05, 0.1) is 16.5 Å². The molecule has 8 heteroatoms. The quantitative estimate of drug-likeness (QED) is 0.510. The highest BCUT2D eigenvalue weighted by Crippen LogP contribution is 2.33. The van der Waals surface area contributed by atoms with Crippen LogP contribution in [0, 0.1) is 10.1 Å². The predicted octanol–water partition coefficient (Wildman–Crippen LogP) is 2.58. The monoisotopic (exact) mass is 252 g/mol. The van der Waals surface area contributed by atoms with E-state index in [0.717, 1.165) is 6.07 Å². The third-order valence-electron chi connectivity index (χ3n) is 2.07. The van der Waals surface area contributed by atoms with Crippen LogP contribution in [0.1, 0.15) is 17.2 Å². The Balaban J connectivity index is 3.34. The van der Waals surface area contributed by atoms with E-state index in [4.69, 9.17) is 5.73 Å². The summed E-state index contributed by atoms with van der Waals surface area (Å²) in [5.41, 5.74) is 2.97. The molecule has 0 aliphatic carbocycles. The molecule has 0 fully saturated rings. The Hall–Kier alpha value is -1.70. The average Bonchev–Trinajstić information content (AvgIpc) is 2.26. The fraction of sp³-hybridized carbons (Fsp3) is 0.333. The third-order valence-corrected chi connectivity index (χ3v) is 2.07. The maximum absolute atomic E-state index is 12.4. The number of nitro benzene ring substituents is 1. The summed E-state index contributed by atoms with van der Waals surface area (Å²) >= 11 is 0. The van der Waals surface area contributed by atoms with Crippen LogP contribution in [0.5, 0.6) is 0 Å². The van der Waals surface area contributed by atoms with Gasteiger partial charge in [-0.25, -0.2) is 4.39 Å². The van der Waals surface area contributed by atoms with E-state index >= 15 is 0 Å². The van der Waals surface area contributed by atoms with Crippen molar-refractivity contribution in [3.63, 3.8) is 0 Å². The fourth-order valence-corrected chi connectivity index (χ4v) is 1.21. The van der Waals surface area contributed by atoms with E-state index in [-0.39, 0.29) is 5.56 Å². The van der Waals surface area contributed by atoms with Gasteiger partial charge in [-0.15, -0.1) is 0 Å². The lowest BCUT2D eigenvalue weighted by atomic mass is 10.0. The first-order valence-corrected chi connectivity index (χ1v) is 4.44. The number of halogens is 4. The van der Waals surface area contributed by atoms with E-state index in [9.17, 15) is 27.7 Å². The molecule has 94 valence electrons. The fourth-order valence-electron chi connectivity index (χ4n) is 1.21. The molecule has 0 heterocycles. The topological polar surface area (TPSA) is 69.2 Å². The summed E-state index contributed by atoms with van der Waals surface area (Å²) in [6.07, 6.45) is -4.74. The Bertz CT molecular complexity index is 433. The molecule has 2 N–H and O–H groups in total. The number of alkyl halides is 4. The molecule has 0 aliphatic heterocycles. The van der Waals surface area contributed by atoms with Gasteiger partial charge < -0.3 is 5.73 Å². The van der Waals surface area contributed by atoms with E-state index in [1.807, 2.05) is 0 Å². The van der Waals surface area contributed by atoms with Crippen LogP contribution in [0.4, 0.5) is 23.2 Å². The van der Waals surface area contributed by atoms with Crippen molar-refractivity contribution < 1.29 is 22.5 Å². The molecule has 1 rings (SSSR count). The Morgan fingerprint density at radius 1 is 1.35 bits per heavy atom. The van der Waals surface area contributed by atoms with Gasteiger partial charge in [-0.1, -0.05) is 0 Å². The number of nitro groups is 1. The smallest absolute Gasteiger partial charge is 0.322 e. The van der Waals surface area contributed by atoms with Crippen LogP contribution in [0.25, 0.3) is 0 Å². The number of benzene rings is 1. The molecule has 0 aromatic heterocycles. The second-order valence-electron chi connectivity index (χ2n) is 3.33. The van der Waals surface area contributed by atoms with Crippen LogP contribution in [0.3, 0.4) is 0 Å². The zero-order valence-electron chi connectivity index (χ0n) is 8.37. The first-order chi connectivity index (χ1) is 7.75. The summed E-state index contributed by atoms with van der Waals surface area (Å²) in [6.45, 7) is -1.10. The van der Waals surface area contributed by atoms with Gasteiger partial charge in [0.1, 0.15) is 6.67 Å². The van der Waals surface area contributed by atoms with Crippen LogP contribution in [-0.2, 0) is 6.18 Å². The average molecular weight is 252 g/mol. The Morgan fingerprint density at radius 3 is 2.35 bits per heavy atom. The van der Waals surface area contributed by atoms with Gasteiger partial charge in [-0.2, -0.15) is 13.2 Å². The van der Waals surface area contributed by atoms with E-state index in [1.165, 1.54) is 0 Å². The van der Waals surface area contributed by atoms with Crippen molar-refractivity contribution in [1.29, 1.82) is 0 Å². The molecular formula is C9H8F4N2O2. The highest BCUT2D eigenvalue weighted by atomic mass is 19.4. The lowest BCUT2D eigenvalue weighted by molar-refractivity contribution is -0.385. The summed E-state index contributed by atoms with van der Waals surface area (Å²) in [7, 11) is 0. The van der Waals surface area contributed by atoms with Gasteiger partial charge in [0.25, 0.3) is 5.69 Å². The van der Waals surface area contributed by atoms with Crippen molar-refractivity contribution in [2.45, 2.75) is 12.2 Å². The number of hydrogen-bond donors (Lipinski definition) is 1. The molecule has 0 spiro atoms. The SMILES string of the molecule is N[C@H](CF)c1cc([N+](=O)[O-])cc(C(F)(F)F)c1. The maximum atomic E-state index is 12.4. The van der Waals surface area contributed by atoms with Crippen LogP contribution >= 0.6 is 0 Å². The molecule has 4 nitrogen and oxygen atoms in total. The van der Waals surface area contributed by atoms with Crippen LogP contribution < -0.4 is 5.73 Å². The van der Waals surface area contributed by atoms with Gasteiger partial charge in [-0.05, 0) is 11.6 Å². The van der Waals surface area contributed by atoms with E-state index in [0.29, 0.717) is 12.1 Å². The molecule has 0 amide bonds. The van der Waals surface area contributed by atoms with Crippen molar-refractivity contribution in [3.05, 3.63) is 39.4 Å². The Labute approximate surface area is 93.2 Å². The van der Waals surface area contributed by atoms with Crippen molar-refractivity contribution in [2.75, 3.05) is 6.67 Å². The molecule has 1 atom stereocenters. The third kappa shape index (κ3) is 3.13. The van der Waals surface area contributed by atoms with Gasteiger partial charge >= 0.3 is 6.18 Å². The zero-order valence-corrected chi connectivity index (χ0v) is 8.37. The number of nitrogens with zero attached hydrogens (tertiary/aromatic N) is 1. The van der Waals surface area contributed by atoms with E-state index in [2.05, 4.69) is 0 Å². The molecule has 1 aromatic carbocycles. The standard InChI is InChI=1S/C9H8F4N2O2/c10-4-8(14)5-1-6(9(11,12)13)3-7(2-5)15(16)17/h1-3,8H,4,14H2/t8-/m1/s1. The van der Waals surface area contributed by atoms with Gasteiger partial charge in [0.15, 0.2) is 0 Å². The van der Waals surface area contributed by atoms with E-state index < -0.39 is 35.1 Å². The van der Waals surface area contributed by atoms with Crippen molar-refractivity contribution in [3.8, 4) is 0 Å². The molecule has 0 unspecified atom stereocenters. The minimum atomic E-state index is -4.74. The van der Waals surface area contributed by atoms with Gasteiger partial charge in [-0.3, -0.25) is 10.1 Å². The number of hydrogen-bond acceptors (Lipinski definition) is 3. The van der Waals surface area contributed by atoms with Crippen LogP contribution in [0.15, 0.2) is 18.2 Å². The molecule has 0 saturated heterocycles. The minimum Gasteiger partial charge on any atom is -0.322 e. The number of nitrogens with two attached hydrogens (primary N) is 1. The Kier molecular flexibility index (Phi) is 3.66. The van der Waals surface area contributed by atoms with E-state index in [1.54, 1.807) is 0 Å². The molecule has 0 aliphatic rings. The van der Waals surface area contributed by atoms with Crippen LogP contribution in [-0.4, -0.2) is 11.6 Å². The summed E-state index contributed by atoms with van der Waals surface area (Å²) in [5, 5.41) is 10.4. The molecule has 1 aromatic rings. The lowest BCUT2D eigenvalue weighted by Gasteiger charge is -2.11. The predicted molar refractivity (Wildman–Crippen MR) is 51.0 cm³/mol. The zero-order chi connectivity index (χ0) is 13.2. The molecule has 0 saturated carbocycles. The first-order valence-electron chi connectivity index (χ1n) is 4.44. The Morgan fingerprint density at radius 2 is 1.94 bits per heavy atom. The van der Waals surface area contributed by atoms with Crippen molar-refractivity contribution >= 4 is 5.69 Å². The summed E-state index contributed by atoms with van der Waals surface area (Å²) in [6, 6.07) is 0.515. The van der Waals surface area contributed by atoms with Gasteiger partial charge in [0.2, 0.25) is 0 Å². The molecule has 0 bridgehead atoms. The lowest BCUT2D eigenvalue weighted by Crippen LogP contribution is -2.14. The van der Waals surface area contributed by atoms with Gasteiger partial charge in [0, 0.05) is 12.1 Å². The highest BCUT2D eigenvalue weighted by Gasteiger charge is 2.33. The van der Waals surface area contributed by atoms with Crippen molar-refractivity contribution in [1.82, 2.24) is 0 Å². The highest BCUT2D eigenvalue weighted by molar-refractivity contribution is 5.41. The van der Waals surface area contributed by atoms with Crippen LogP contribution in [0.2, 0.25) is 0 Å². The molecular weight excluding hydrogens is 244 g/mol. The molecule has 0 radical (unpaired) electrons. The maximum Gasteiger partial charge on any atom is 0.416 e. The van der Waals surface area contributed by atoms with Crippen molar-refractivity contribution in [2.24, 2.45) is 5.73 Å². The minimum absolute atomic E-state index is 0.256. The second-order valence-corrected chi connectivity index (χ2v) is 3.33. The summed E-state index contributed by atoms with van der Waals surface area (Å²) in [4.78, 5) is 9.46. The summed E-state index contributed by atoms with van der Waals surface area (Å²) in [5.74, 6) is 0. The largest absolute Gasteiger partial charge is 0.416 e. The number of rotatable bonds is 3. The normalized spacial score (nSPS) is 13.5. The molecule has 17 heavy (non-hydrogen) atoms. The second kappa shape index (κ2) is 4.66. The number of non-ortho nitro benzene ring substituents is 1. The first kappa shape index (κ1) is 13.4. The summed E-state index contributed by atoms with van der Waals surface area (Å²) < 4.78 is 49.5.